The topological polar surface area (TPSA) is 30.2 Å². The molecule has 5 rings (SSSR count). The zero-order valence-electron chi connectivity index (χ0n) is 12.9. The summed E-state index contributed by atoms with van der Waals surface area (Å²) in [5.41, 5.74) is 3.73. The molecule has 0 unspecified atom stereocenters. The molecule has 2 aromatic heterocycles. The van der Waals surface area contributed by atoms with Gasteiger partial charge in [0.1, 0.15) is 5.82 Å². The Bertz CT molecular complexity index is 873. The average Bonchev–Trinajstić information content (AvgIpc) is 3.19. The summed E-state index contributed by atoms with van der Waals surface area (Å²) in [4.78, 5) is 0. The molecule has 0 N–H and O–H groups in total. The van der Waals surface area contributed by atoms with Crippen molar-refractivity contribution in [2.24, 2.45) is 0 Å². The van der Waals surface area contributed by atoms with E-state index in [2.05, 4.69) is 45.1 Å². The number of nitrogens with zero attached hydrogens (tertiary/aromatic N) is 3. The summed E-state index contributed by atoms with van der Waals surface area (Å²) in [7, 11) is 0. The smallest absolute Gasteiger partial charge is 0.164 e. The van der Waals surface area contributed by atoms with E-state index in [0.717, 1.165) is 29.3 Å². The third kappa shape index (κ3) is 1.96. The Morgan fingerprint density at radius 3 is 2.48 bits per heavy atom. The van der Waals surface area contributed by atoms with Gasteiger partial charge in [-0.2, -0.15) is 0 Å². The first kappa shape index (κ1) is 13.6. The summed E-state index contributed by atoms with van der Waals surface area (Å²) in [6.07, 6.45) is 8.27. The van der Waals surface area contributed by atoms with Gasteiger partial charge in [0.2, 0.25) is 0 Å². The second-order valence-corrected chi connectivity index (χ2v) is 7.33. The number of hydrogen-bond acceptors (Lipinski definition) is 2. The van der Waals surface area contributed by atoms with Gasteiger partial charge in [0.25, 0.3) is 0 Å². The maximum atomic E-state index is 6.05. The minimum atomic E-state index is 0.0161. The Kier molecular flexibility index (Phi) is 2.84. The van der Waals surface area contributed by atoms with Crippen LogP contribution in [0.25, 0.3) is 5.65 Å². The highest BCUT2D eigenvalue weighted by atomic mass is 35.5. The molecular weight excluding hydrogens is 306 g/mol. The fraction of sp³-hybridized carbons (Fsp3) is 0.368. The molecule has 0 saturated heterocycles. The molecule has 2 aliphatic carbocycles. The van der Waals surface area contributed by atoms with E-state index >= 15 is 0 Å². The second-order valence-electron chi connectivity index (χ2n) is 6.90. The van der Waals surface area contributed by atoms with Gasteiger partial charge in [0.15, 0.2) is 5.65 Å². The average molecular weight is 324 g/mol. The molecule has 4 heteroatoms. The van der Waals surface area contributed by atoms with Crippen molar-refractivity contribution in [2.75, 3.05) is 0 Å². The SMILES string of the molecule is Clc1ccc(C2(c3nnc4c(C5CCC5)cccn34)CC2)cc1. The molecule has 0 bridgehead atoms. The van der Waals surface area contributed by atoms with Crippen LogP contribution < -0.4 is 0 Å². The lowest BCUT2D eigenvalue weighted by Crippen LogP contribution is -2.14. The summed E-state index contributed by atoms with van der Waals surface area (Å²) in [5.74, 6) is 1.75. The molecule has 1 aromatic carbocycles. The Balaban J connectivity index is 1.64. The van der Waals surface area contributed by atoms with Crippen LogP contribution >= 0.6 is 11.6 Å². The van der Waals surface area contributed by atoms with Crippen LogP contribution in [0.15, 0.2) is 42.6 Å². The molecule has 0 aliphatic heterocycles. The largest absolute Gasteiger partial charge is 0.285 e. The molecule has 0 amide bonds. The van der Waals surface area contributed by atoms with E-state index in [0.29, 0.717) is 5.92 Å². The van der Waals surface area contributed by atoms with Gasteiger partial charge in [-0.05, 0) is 55.4 Å². The fourth-order valence-electron chi connectivity index (χ4n) is 3.84. The number of rotatable bonds is 3. The summed E-state index contributed by atoms with van der Waals surface area (Å²) in [6, 6.07) is 12.6. The van der Waals surface area contributed by atoms with Crippen LogP contribution in [0.1, 0.15) is 55.0 Å². The number of fused-ring (bicyclic) bond motifs is 1. The van der Waals surface area contributed by atoms with Crippen molar-refractivity contribution >= 4 is 17.2 Å². The zero-order valence-corrected chi connectivity index (χ0v) is 13.6. The number of hydrogen-bond donors (Lipinski definition) is 0. The maximum absolute atomic E-state index is 6.05. The number of benzene rings is 1. The monoisotopic (exact) mass is 323 g/mol. The molecule has 23 heavy (non-hydrogen) atoms. The van der Waals surface area contributed by atoms with Crippen molar-refractivity contribution in [1.82, 2.24) is 14.6 Å². The zero-order chi connectivity index (χ0) is 15.4. The molecule has 2 heterocycles. The fourth-order valence-corrected chi connectivity index (χ4v) is 3.96. The minimum absolute atomic E-state index is 0.0161. The highest BCUT2D eigenvalue weighted by Crippen LogP contribution is 2.53. The van der Waals surface area contributed by atoms with E-state index in [1.54, 1.807) is 0 Å². The molecule has 0 radical (unpaired) electrons. The Morgan fingerprint density at radius 2 is 1.83 bits per heavy atom. The number of pyridine rings is 1. The van der Waals surface area contributed by atoms with Crippen LogP contribution in [0, 0.1) is 0 Å². The van der Waals surface area contributed by atoms with Gasteiger partial charge in [0.05, 0.1) is 5.41 Å². The third-order valence-electron chi connectivity index (χ3n) is 5.58. The van der Waals surface area contributed by atoms with Gasteiger partial charge in [0, 0.05) is 16.8 Å². The highest BCUT2D eigenvalue weighted by molar-refractivity contribution is 6.30. The molecule has 0 atom stereocenters. The predicted octanol–water partition coefficient (Wildman–Crippen LogP) is 4.73. The molecule has 2 saturated carbocycles. The van der Waals surface area contributed by atoms with Gasteiger partial charge in [-0.1, -0.05) is 36.2 Å². The quantitative estimate of drug-likeness (QED) is 0.697. The van der Waals surface area contributed by atoms with E-state index in [-0.39, 0.29) is 5.41 Å². The summed E-state index contributed by atoms with van der Waals surface area (Å²) in [5, 5.41) is 9.95. The van der Waals surface area contributed by atoms with Crippen molar-refractivity contribution in [3.63, 3.8) is 0 Å². The normalized spacial score (nSPS) is 19.7. The highest BCUT2D eigenvalue weighted by Gasteiger charge is 2.49. The van der Waals surface area contributed by atoms with Gasteiger partial charge in [-0.15, -0.1) is 10.2 Å². The van der Waals surface area contributed by atoms with E-state index in [4.69, 9.17) is 11.6 Å². The Morgan fingerprint density at radius 1 is 1.04 bits per heavy atom. The summed E-state index contributed by atoms with van der Waals surface area (Å²) < 4.78 is 2.22. The van der Waals surface area contributed by atoms with Crippen LogP contribution in [-0.4, -0.2) is 14.6 Å². The molecule has 2 aliphatic rings. The molecule has 3 aromatic rings. The van der Waals surface area contributed by atoms with Crippen LogP contribution in [-0.2, 0) is 5.41 Å². The van der Waals surface area contributed by atoms with Crippen molar-refractivity contribution in [2.45, 2.75) is 43.4 Å². The number of halogens is 1. The lowest BCUT2D eigenvalue weighted by molar-refractivity contribution is 0.420. The first-order chi connectivity index (χ1) is 11.3. The van der Waals surface area contributed by atoms with Gasteiger partial charge in [-0.3, -0.25) is 4.40 Å². The van der Waals surface area contributed by atoms with Gasteiger partial charge in [-0.25, -0.2) is 0 Å². The molecule has 2 fully saturated rings. The summed E-state index contributed by atoms with van der Waals surface area (Å²) in [6.45, 7) is 0. The lowest BCUT2D eigenvalue weighted by atomic mass is 9.80. The van der Waals surface area contributed by atoms with Crippen LogP contribution in [0.2, 0.25) is 5.02 Å². The van der Waals surface area contributed by atoms with E-state index in [9.17, 15) is 0 Å². The van der Waals surface area contributed by atoms with E-state index in [1.165, 1.54) is 30.4 Å². The Labute approximate surface area is 140 Å². The lowest BCUT2D eigenvalue weighted by Gasteiger charge is -2.25. The molecule has 3 nitrogen and oxygen atoms in total. The van der Waals surface area contributed by atoms with E-state index in [1.807, 2.05) is 12.1 Å². The Hall–Kier alpha value is -1.87. The maximum Gasteiger partial charge on any atom is 0.164 e. The molecule has 0 spiro atoms. The standard InChI is InChI=1S/C19H18ClN3/c20-15-8-6-14(7-9-15)19(10-11-19)18-22-21-17-16(13-3-1-4-13)5-2-12-23(17)18/h2,5-9,12-13H,1,3-4,10-11H2. The van der Waals surface area contributed by atoms with Crippen molar-refractivity contribution < 1.29 is 0 Å². The number of aromatic nitrogens is 3. The van der Waals surface area contributed by atoms with Crippen LogP contribution in [0.4, 0.5) is 0 Å². The third-order valence-corrected chi connectivity index (χ3v) is 5.84. The van der Waals surface area contributed by atoms with Crippen molar-refractivity contribution in [3.05, 3.63) is 64.6 Å². The first-order valence-corrected chi connectivity index (χ1v) is 8.76. The van der Waals surface area contributed by atoms with Gasteiger partial charge >= 0.3 is 0 Å². The van der Waals surface area contributed by atoms with Crippen molar-refractivity contribution in [1.29, 1.82) is 0 Å². The van der Waals surface area contributed by atoms with Crippen LogP contribution in [0.3, 0.4) is 0 Å². The first-order valence-electron chi connectivity index (χ1n) is 8.38. The van der Waals surface area contributed by atoms with E-state index < -0.39 is 0 Å². The second kappa shape index (κ2) is 4.81. The summed E-state index contributed by atoms with van der Waals surface area (Å²) >= 11 is 6.05. The molecular formula is C19H18ClN3. The van der Waals surface area contributed by atoms with Crippen molar-refractivity contribution in [3.8, 4) is 0 Å². The minimum Gasteiger partial charge on any atom is -0.285 e. The molecule has 116 valence electrons. The van der Waals surface area contributed by atoms with Crippen LogP contribution in [0.5, 0.6) is 0 Å². The van der Waals surface area contributed by atoms with Gasteiger partial charge < -0.3 is 0 Å². The predicted molar refractivity (Wildman–Crippen MR) is 91.0 cm³/mol.